The Hall–Kier alpha value is -2.76. The third kappa shape index (κ3) is 3.13. The number of aromatic hydroxyl groups is 1. The van der Waals surface area contributed by atoms with Crippen LogP contribution in [0, 0.1) is 5.82 Å². The molecule has 1 fully saturated rings. The second-order valence-corrected chi connectivity index (χ2v) is 5.61. The van der Waals surface area contributed by atoms with Crippen LogP contribution in [0.4, 0.5) is 10.1 Å². The van der Waals surface area contributed by atoms with E-state index >= 15 is 0 Å². The molecule has 2 aromatic rings. The van der Waals surface area contributed by atoms with Crippen molar-refractivity contribution in [3.05, 3.63) is 53.8 Å². The molecule has 1 N–H and O–H groups in total. The maximum Gasteiger partial charge on any atom is 0.257 e. The van der Waals surface area contributed by atoms with Gasteiger partial charge in [0.25, 0.3) is 5.91 Å². The van der Waals surface area contributed by atoms with Gasteiger partial charge in [-0.05, 0) is 30.3 Å². The molecule has 0 unspecified atom stereocenters. The average Bonchev–Trinajstić information content (AvgIpc) is 2.62. The van der Waals surface area contributed by atoms with Crippen molar-refractivity contribution in [3.63, 3.8) is 0 Å². The Morgan fingerprint density at radius 1 is 1.12 bits per heavy atom. The van der Waals surface area contributed by atoms with Crippen LogP contribution in [0.2, 0.25) is 0 Å². The maximum atomic E-state index is 13.5. The minimum absolute atomic E-state index is 0.226. The molecular formula is C18H19FN2O3. The molecule has 126 valence electrons. The molecule has 0 aliphatic carbocycles. The fourth-order valence-electron chi connectivity index (χ4n) is 2.90. The number of hydrogen-bond donors (Lipinski definition) is 1. The van der Waals surface area contributed by atoms with Crippen LogP contribution in [0.5, 0.6) is 11.5 Å². The molecule has 0 aromatic heterocycles. The highest BCUT2D eigenvalue weighted by Gasteiger charge is 2.25. The van der Waals surface area contributed by atoms with Gasteiger partial charge in [0.1, 0.15) is 17.3 Å². The van der Waals surface area contributed by atoms with Gasteiger partial charge in [0.15, 0.2) is 0 Å². The average molecular weight is 330 g/mol. The number of methoxy groups -OCH3 is 1. The summed E-state index contributed by atoms with van der Waals surface area (Å²) >= 11 is 0. The minimum atomic E-state index is -0.466. The smallest absolute Gasteiger partial charge is 0.257 e. The highest BCUT2D eigenvalue weighted by atomic mass is 19.1. The number of rotatable bonds is 3. The van der Waals surface area contributed by atoms with Crippen LogP contribution in [-0.4, -0.2) is 49.2 Å². The number of benzene rings is 2. The summed E-state index contributed by atoms with van der Waals surface area (Å²) in [7, 11) is 1.46. The molecule has 3 rings (SSSR count). The van der Waals surface area contributed by atoms with Crippen LogP contribution in [0.1, 0.15) is 10.4 Å². The monoisotopic (exact) mass is 330 g/mol. The largest absolute Gasteiger partial charge is 0.506 e. The van der Waals surface area contributed by atoms with Crippen molar-refractivity contribution in [2.75, 3.05) is 38.2 Å². The van der Waals surface area contributed by atoms with E-state index in [1.54, 1.807) is 17.0 Å². The zero-order chi connectivity index (χ0) is 17.1. The number of halogens is 1. The van der Waals surface area contributed by atoms with E-state index in [4.69, 9.17) is 4.74 Å². The van der Waals surface area contributed by atoms with Crippen LogP contribution >= 0.6 is 0 Å². The number of anilines is 1. The number of amides is 1. The molecule has 0 saturated carbocycles. The quantitative estimate of drug-likeness (QED) is 0.939. The number of carbonyl (C=O) groups excluding carboxylic acids is 1. The lowest BCUT2D eigenvalue weighted by Gasteiger charge is -2.36. The summed E-state index contributed by atoms with van der Waals surface area (Å²) in [5.74, 6) is -0.121. The minimum Gasteiger partial charge on any atom is -0.506 e. The Labute approximate surface area is 139 Å². The molecule has 0 atom stereocenters. The topological polar surface area (TPSA) is 53.0 Å². The Morgan fingerprint density at radius 2 is 1.83 bits per heavy atom. The number of nitrogens with zero attached hydrogens (tertiary/aromatic N) is 2. The third-order valence-corrected chi connectivity index (χ3v) is 4.18. The number of piperazine rings is 1. The van der Waals surface area contributed by atoms with Gasteiger partial charge < -0.3 is 19.6 Å². The van der Waals surface area contributed by atoms with Crippen molar-refractivity contribution in [3.8, 4) is 11.5 Å². The van der Waals surface area contributed by atoms with Gasteiger partial charge in [-0.2, -0.15) is 0 Å². The number of phenolic OH excluding ortho intramolecular Hbond substituents is 1. The molecule has 6 heteroatoms. The lowest BCUT2D eigenvalue weighted by molar-refractivity contribution is 0.0743. The van der Waals surface area contributed by atoms with Crippen LogP contribution < -0.4 is 9.64 Å². The van der Waals surface area contributed by atoms with E-state index in [0.717, 1.165) is 5.69 Å². The number of hydrogen-bond acceptors (Lipinski definition) is 4. The van der Waals surface area contributed by atoms with E-state index < -0.39 is 5.82 Å². The summed E-state index contributed by atoms with van der Waals surface area (Å²) in [4.78, 5) is 16.4. The van der Waals surface area contributed by atoms with E-state index in [0.29, 0.717) is 31.9 Å². The highest BCUT2D eigenvalue weighted by Crippen LogP contribution is 2.28. The van der Waals surface area contributed by atoms with Gasteiger partial charge in [-0.15, -0.1) is 0 Å². The first-order chi connectivity index (χ1) is 11.6. The summed E-state index contributed by atoms with van der Waals surface area (Å²) < 4.78 is 18.6. The van der Waals surface area contributed by atoms with Crippen LogP contribution in [-0.2, 0) is 0 Å². The third-order valence-electron chi connectivity index (χ3n) is 4.18. The van der Waals surface area contributed by atoms with Gasteiger partial charge in [0, 0.05) is 26.2 Å². The fraction of sp³-hybridized carbons (Fsp3) is 0.278. The SMILES string of the molecule is COc1ccc(F)cc1C(=O)N1CCN(c2ccccc2O)CC1. The normalized spacial score (nSPS) is 14.6. The first-order valence-electron chi connectivity index (χ1n) is 7.76. The molecule has 5 nitrogen and oxygen atoms in total. The molecular weight excluding hydrogens is 311 g/mol. The molecule has 0 radical (unpaired) electrons. The molecule has 1 heterocycles. The van der Waals surface area contributed by atoms with E-state index in [1.807, 2.05) is 17.0 Å². The summed E-state index contributed by atoms with van der Waals surface area (Å²) in [6, 6.07) is 11.1. The van der Waals surface area contributed by atoms with Crippen molar-refractivity contribution in [2.45, 2.75) is 0 Å². The molecule has 24 heavy (non-hydrogen) atoms. The fourth-order valence-corrected chi connectivity index (χ4v) is 2.90. The first-order valence-corrected chi connectivity index (χ1v) is 7.76. The lowest BCUT2D eigenvalue weighted by Crippen LogP contribution is -2.48. The Balaban J connectivity index is 1.72. The van der Waals surface area contributed by atoms with E-state index in [1.165, 1.54) is 25.3 Å². The van der Waals surface area contributed by atoms with E-state index in [9.17, 15) is 14.3 Å². The first kappa shape index (κ1) is 16.1. The predicted octanol–water partition coefficient (Wildman–Crippen LogP) is 2.50. The van der Waals surface area contributed by atoms with Crippen LogP contribution in [0.3, 0.4) is 0 Å². The van der Waals surface area contributed by atoms with E-state index in [-0.39, 0.29) is 17.2 Å². The van der Waals surface area contributed by atoms with Crippen molar-refractivity contribution >= 4 is 11.6 Å². The zero-order valence-corrected chi connectivity index (χ0v) is 13.4. The predicted molar refractivity (Wildman–Crippen MR) is 89.2 cm³/mol. The zero-order valence-electron chi connectivity index (χ0n) is 13.4. The van der Waals surface area contributed by atoms with Gasteiger partial charge in [0.2, 0.25) is 0 Å². The van der Waals surface area contributed by atoms with Crippen molar-refractivity contribution in [2.24, 2.45) is 0 Å². The standard InChI is InChI=1S/C18H19FN2O3/c1-24-17-7-6-13(19)12-14(17)18(23)21-10-8-20(9-11-21)15-4-2-3-5-16(15)22/h2-7,12,22H,8-11H2,1H3. The molecule has 0 spiro atoms. The Kier molecular flexibility index (Phi) is 4.55. The van der Waals surface area contributed by atoms with Gasteiger partial charge in [-0.1, -0.05) is 12.1 Å². The second kappa shape index (κ2) is 6.78. The van der Waals surface area contributed by atoms with Crippen molar-refractivity contribution in [1.29, 1.82) is 0 Å². The molecule has 1 aliphatic heterocycles. The summed E-state index contributed by atoms with van der Waals surface area (Å²) in [5.41, 5.74) is 0.987. The lowest BCUT2D eigenvalue weighted by atomic mass is 10.1. The van der Waals surface area contributed by atoms with Gasteiger partial charge in [0.05, 0.1) is 18.4 Å². The van der Waals surface area contributed by atoms with Crippen LogP contribution in [0.25, 0.3) is 0 Å². The Bertz CT molecular complexity index is 743. The van der Waals surface area contributed by atoms with Crippen molar-refractivity contribution in [1.82, 2.24) is 4.90 Å². The summed E-state index contributed by atoms with van der Waals surface area (Å²) in [6.07, 6.45) is 0. The number of para-hydroxylation sites is 2. The summed E-state index contributed by atoms with van der Waals surface area (Å²) in [5, 5.41) is 9.93. The highest BCUT2D eigenvalue weighted by molar-refractivity contribution is 5.97. The van der Waals surface area contributed by atoms with Crippen molar-refractivity contribution < 1.29 is 19.0 Å². The Morgan fingerprint density at radius 3 is 2.50 bits per heavy atom. The van der Waals surface area contributed by atoms with E-state index in [2.05, 4.69) is 0 Å². The second-order valence-electron chi connectivity index (χ2n) is 5.61. The molecule has 1 aliphatic rings. The molecule has 1 amide bonds. The molecule has 1 saturated heterocycles. The number of ether oxygens (including phenoxy) is 1. The van der Waals surface area contributed by atoms with Gasteiger partial charge in [-0.3, -0.25) is 4.79 Å². The maximum absolute atomic E-state index is 13.5. The van der Waals surface area contributed by atoms with Gasteiger partial charge in [-0.25, -0.2) is 4.39 Å². The molecule has 0 bridgehead atoms. The van der Waals surface area contributed by atoms with Gasteiger partial charge >= 0.3 is 0 Å². The number of phenols is 1. The van der Waals surface area contributed by atoms with Crippen LogP contribution in [0.15, 0.2) is 42.5 Å². The molecule has 2 aromatic carbocycles. The number of carbonyl (C=O) groups is 1. The summed E-state index contributed by atoms with van der Waals surface area (Å²) in [6.45, 7) is 2.18.